The minimum Gasteiger partial charge on any atom is -0.481 e. The molecule has 1 fully saturated rings. The number of carboxylic acids is 2. The fourth-order valence-electron chi connectivity index (χ4n) is 9.17. The van der Waals surface area contributed by atoms with Crippen LogP contribution in [0.1, 0.15) is 111 Å². The highest BCUT2D eigenvalue weighted by molar-refractivity contribution is 6.13. The standard InChI is InChI=1S/C51H77N7O14/c1-9-32(4)46(56(6)43(62)28-31(2)3)39(71-7)30-44(63)57-26-15-19-38(57)47(72-8)33(5)48(66)55-37(29-34-16-11-10-12-17-34)50(68)53-35(20-23-45(64)65)49(67)54-36(51(69)70)18-13-14-25-52-40(59)24-27-58-41(60)21-22-42(58)61/h10-12,16-17,21-22,31-33,35-39,46-47H,9,13-15,18-20,23-30H2,1-8H3,(H,52,59)(H,53,68)(H,54,67)(H,55,66)(H,64,65)(H,69,70)/t32-,33+,35-,36-,37?,38-,39+,46-,47+/m0/s1. The molecule has 21 heteroatoms. The van der Waals surface area contributed by atoms with Crippen molar-refractivity contribution in [1.82, 2.24) is 36.0 Å². The first-order valence-electron chi connectivity index (χ1n) is 24.9. The molecule has 21 nitrogen and oxygen atoms in total. The summed E-state index contributed by atoms with van der Waals surface area (Å²) in [5.41, 5.74) is 0.643. The van der Waals surface area contributed by atoms with E-state index >= 15 is 0 Å². The Bertz CT molecular complexity index is 2050. The lowest BCUT2D eigenvalue weighted by Crippen LogP contribution is -2.58. The van der Waals surface area contributed by atoms with E-state index in [-0.39, 0.29) is 74.9 Å². The number of carboxylic acid groups (broad SMARTS) is 2. The molecule has 400 valence electrons. The van der Waals surface area contributed by atoms with Gasteiger partial charge in [0.2, 0.25) is 35.4 Å². The van der Waals surface area contributed by atoms with Gasteiger partial charge in [-0.05, 0) is 55.9 Å². The minimum absolute atomic E-state index is 0.0172. The average Bonchev–Trinajstić information content (AvgIpc) is 3.95. The van der Waals surface area contributed by atoms with Crippen LogP contribution in [0.15, 0.2) is 42.5 Å². The Kier molecular flexibility index (Phi) is 25.0. The lowest BCUT2D eigenvalue weighted by Gasteiger charge is -2.39. The van der Waals surface area contributed by atoms with Crippen molar-refractivity contribution in [3.05, 3.63) is 48.0 Å². The molecule has 1 unspecified atom stereocenters. The number of aliphatic carboxylic acids is 2. The lowest BCUT2D eigenvalue weighted by atomic mass is 9.90. The lowest BCUT2D eigenvalue weighted by molar-refractivity contribution is -0.146. The smallest absolute Gasteiger partial charge is 0.326 e. The maximum atomic E-state index is 14.3. The van der Waals surface area contributed by atoms with Crippen molar-refractivity contribution in [2.45, 2.75) is 154 Å². The molecule has 8 amide bonds. The zero-order valence-corrected chi connectivity index (χ0v) is 43.1. The number of unbranched alkanes of at least 4 members (excludes halogenated alkanes) is 1. The van der Waals surface area contributed by atoms with Crippen LogP contribution >= 0.6 is 0 Å². The van der Waals surface area contributed by atoms with Crippen molar-refractivity contribution in [2.24, 2.45) is 17.8 Å². The molecule has 2 aliphatic heterocycles. The van der Waals surface area contributed by atoms with Crippen LogP contribution in [0.2, 0.25) is 0 Å². The number of nitrogens with one attached hydrogen (secondary N) is 4. The molecule has 0 radical (unpaired) electrons. The zero-order chi connectivity index (χ0) is 53.7. The topological polar surface area (TPSA) is 287 Å². The summed E-state index contributed by atoms with van der Waals surface area (Å²) in [7, 11) is 4.71. The van der Waals surface area contributed by atoms with Gasteiger partial charge in [0.1, 0.15) is 18.1 Å². The Morgan fingerprint density at radius 3 is 2.00 bits per heavy atom. The number of likely N-dealkylation sites (N-methyl/N-ethyl adjacent to an activating group) is 1. The molecule has 3 rings (SSSR count). The van der Waals surface area contributed by atoms with Gasteiger partial charge >= 0.3 is 11.9 Å². The summed E-state index contributed by atoms with van der Waals surface area (Å²) in [6.07, 6.45) is 2.31. The summed E-state index contributed by atoms with van der Waals surface area (Å²) in [5.74, 6) is -7.55. The number of hydrogen-bond acceptors (Lipinski definition) is 12. The van der Waals surface area contributed by atoms with Crippen LogP contribution in [-0.2, 0) is 63.8 Å². The van der Waals surface area contributed by atoms with Gasteiger partial charge in [0.25, 0.3) is 11.8 Å². The van der Waals surface area contributed by atoms with Crippen molar-refractivity contribution in [3.8, 4) is 0 Å². The van der Waals surface area contributed by atoms with Crippen LogP contribution in [-0.4, -0.2) is 167 Å². The van der Waals surface area contributed by atoms with Crippen LogP contribution < -0.4 is 21.3 Å². The van der Waals surface area contributed by atoms with E-state index in [4.69, 9.17) is 9.47 Å². The average molecular weight is 1010 g/mol. The number of carbonyl (C=O) groups excluding carboxylic acids is 8. The first-order chi connectivity index (χ1) is 34.1. The summed E-state index contributed by atoms with van der Waals surface area (Å²) < 4.78 is 11.9. The molecule has 6 N–H and O–H groups in total. The van der Waals surface area contributed by atoms with Crippen LogP contribution in [0.4, 0.5) is 0 Å². The minimum atomic E-state index is -1.53. The van der Waals surface area contributed by atoms with E-state index in [2.05, 4.69) is 21.3 Å². The molecular formula is C51H77N7O14. The van der Waals surface area contributed by atoms with Crippen molar-refractivity contribution in [1.29, 1.82) is 0 Å². The van der Waals surface area contributed by atoms with E-state index in [9.17, 15) is 58.2 Å². The van der Waals surface area contributed by atoms with E-state index in [0.717, 1.165) is 23.5 Å². The molecule has 1 aromatic rings. The summed E-state index contributed by atoms with van der Waals surface area (Å²) in [6, 6.07) is 3.53. The molecular weight excluding hydrogens is 935 g/mol. The number of hydrogen-bond donors (Lipinski definition) is 6. The summed E-state index contributed by atoms with van der Waals surface area (Å²) in [6.45, 7) is 10.1. The SMILES string of the molecule is CC[C@H](C)[C@@H]([C@@H](CC(=O)N1CCC[C@H]1[C@H](OC)[C@@H](C)C(=O)NC(Cc1ccccc1)C(=O)N[C@@H](CCC(=O)O)C(=O)N[C@@H](CCCCNC(=O)CCN1C(=O)C=CC1=O)C(=O)O)OC)N(C)C(=O)CC(C)C. The number of amides is 8. The first-order valence-corrected chi connectivity index (χ1v) is 24.9. The van der Waals surface area contributed by atoms with Gasteiger partial charge in [0.15, 0.2) is 0 Å². The van der Waals surface area contributed by atoms with E-state index in [1.165, 1.54) is 14.2 Å². The van der Waals surface area contributed by atoms with E-state index in [0.29, 0.717) is 37.8 Å². The molecule has 0 aliphatic carbocycles. The van der Waals surface area contributed by atoms with Crippen LogP contribution in [0.3, 0.4) is 0 Å². The summed E-state index contributed by atoms with van der Waals surface area (Å²) >= 11 is 0. The van der Waals surface area contributed by atoms with Crippen LogP contribution in [0.5, 0.6) is 0 Å². The maximum Gasteiger partial charge on any atom is 0.326 e. The Morgan fingerprint density at radius 1 is 0.792 bits per heavy atom. The predicted octanol–water partition coefficient (Wildman–Crippen LogP) is 2.20. The number of rotatable bonds is 32. The van der Waals surface area contributed by atoms with Gasteiger partial charge < -0.3 is 50.8 Å². The Morgan fingerprint density at radius 2 is 1.42 bits per heavy atom. The Balaban J connectivity index is 1.73. The molecule has 0 spiro atoms. The Labute approximate surface area is 422 Å². The van der Waals surface area contributed by atoms with Crippen molar-refractivity contribution >= 4 is 59.2 Å². The number of benzene rings is 1. The van der Waals surface area contributed by atoms with Gasteiger partial charge in [0.05, 0.1) is 36.6 Å². The van der Waals surface area contributed by atoms with E-state index in [1.807, 2.05) is 27.7 Å². The third kappa shape index (κ3) is 18.4. The predicted molar refractivity (Wildman–Crippen MR) is 263 cm³/mol. The molecule has 0 bridgehead atoms. The molecule has 0 saturated carbocycles. The molecule has 2 aliphatic rings. The highest BCUT2D eigenvalue weighted by Gasteiger charge is 2.43. The molecule has 2 heterocycles. The number of ether oxygens (including phenoxy) is 2. The van der Waals surface area contributed by atoms with Gasteiger partial charge in [-0.1, -0.05) is 71.4 Å². The maximum absolute atomic E-state index is 14.3. The van der Waals surface area contributed by atoms with Gasteiger partial charge in [0, 0.05) is 78.7 Å². The summed E-state index contributed by atoms with van der Waals surface area (Å²) in [5, 5.41) is 29.9. The second-order valence-corrected chi connectivity index (χ2v) is 19.1. The van der Waals surface area contributed by atoms with Gasteiger partial charge in [-0.3, -0.25) is 48.1 Å². The number of carbonyl (C=O) groups is 10. The fourth-order valence-corrected chi connectivity index (χ4v) is 9.17. The van der Waals surface area contributed by atoms with Crippen molar-refractivity contribution in [2.75, 3.05) is 40.9 Å². The molecule has 0 aromatic heterocycles. The number of likely N-dealkylation sites (tertiary alicyclic amines) is 1. The third-order valence-corrected chi connectivity index (χ3v) is 13.4. The fraction of sp³-hybridized carbons (Fsp3) is 0.647. The first kappa shape index (κ1) is 60.1. The van der Waals surface area contributed by atoms with E-state index < -0.39 is 103 Å². The normalized spacial score (nSPS) is 17.8. The largest absolute Gasteiger partial charge is 0.481 e. The molecule has 72 heavy (non-hydrogen) atoms. The third-order valence-electron chi connectivity index (χ3n) is 13.4. The van der Waals surface area contributed by atoms with Crippen LogP contribution in [0, 0.1) is 17.8 Å². The van der Waals surface area contributed by atoms with E-state index in [1.54, 1.807) is 54.1 Å². The number of nitrogens with zero attached hydrogens (tertiary/aromatic N) is 3. The molecule has 1 aromatic carbocycles. The molecule has 9 atom stereocenters. The van der Waals surface area contributed by atoms with Crippen molar-refractivity contribution < 1.29 is 67.6 Å². The molecule has 1 saturated heterocycles. The van der Waals surface area contributed by atoms with Gasteiger partial charge in [-0.15, -0.1) is 0 Å². The number of methoxy groups -OCH3 is 2. The second-order valence-electron chi connectivity index (χ2n) is 19.1. The quantitative estimate of drug-likeness (QED) is 0.0446. The van der Waals surface area contributed by atoms with Gasteiger partial charge in [-0.2, -0.15) is 0 Å². The highest BCUT2D eigenvalue weighted by atomic mass is 16.5. The second kappa shape index (κ2) is 30.0. The zero-order valence-electron chi connectivity index (χ0n) is 43.1. The monoisotopic (exact) mass is 1010 g/mol. The van der Waals surface area contributed by atoms with Crippen molar-refractivity contribution in [3.63, 3.8) is 0 Å². The highest BCUT2D eigenvalue weighted by Crippen LogP contribution is 2.30. The summed E-state index contributed by atoms with van der Waals surface area (Å²) in [4.78, 5) is 134. The van der Waals surface area contributed by atoms with Gasteiger partial charge in [-0.25, -0.2) is 4.79 Å². The number of imide groups is 1. The Hall–Kier alpha value is -6.22. The van der Waals surface area contributed by atoms with Crippen LogP contribution in [0.25, 0.3) is 0 Å².